The molecule has 0 N–H and O–H groups in total. The van der Waals surface area contributed by atoms with Gasteiger partial charge in [0.15, 0.2) is 30.1 Å². The van der Waals surface area contributed by atoms with Crippen molar-refractivity contribution in [3.8, 4) is 22.5 Å². The fraction of sp³-hybridized carbons (Fsp3) is 0.162. The van der Waals surface area contributed by atoms with Crippen LogP contribution in [-0.2, 0) is 0 Å². The molecule has 7 aromatic rings. The van der Waals surface area contributed by atoms with Crippen LogP contribution in [0.15, 0.2) is 102 Å². The molecule has 3 atom stereocenters. The van der Waals surface area contributed by atoms with Gasteiger partial charge in [-0.3, -0.25) is 0 Å². The first kappa shape index (κ1) is 24.0. The monoisotopic (exact) mass is 563 g/mol. The number of aryl methyl sites for hydroxylation is 3. The van der Waals surface area contributed by atoms with E-state index in [2.05, 4.69) is 120 Å². The average Bonchev–Trinajstić information content (AvgIpc) is 3.65. The summed E-state index contributed by atoms with van der Waals surface area (Å²) in [5.74, 6) is 0.128. The fourth-order valence-electron chi connectivity index (χ4n) is 7.55. The number of aromatic nitrogens is 3. The van der Waals surface area contributed by atoms with E-state index in [9.17, 15) is 0 Å². The lowest BCUT2D eigenvalue weighted by Crippen LogP contribution is -2.52. The Labute approximate surface area is 247 Å². The van der Waals surface area contributed by atoms with Gasteiger partial charge in [0, 0.05) is 45.1 Å². The van der Waals surface area contributed by atoms with Gasteiger partial charge in [0.05, 0.1) is 15.8 Å². The molecule has 42 heavy (non-hydrogen) atoms. The molecule has 2 aromatic carbocycles. The number of furan rings is 1. The van der Waals surface area contributed by atoms with E-state index >= 15 is 0 Å². The lowest BCUT2D eigenvalue weighted by molar-refractivity contribution is -0.738. The molecule has 0 fully saturated rings. The molecular formula is C37H29N3OS+2. The first-order chi connectivity index (χ1) is 20.5. The first-order valence-electron chi connectivity index (χ1n) is 14.5. The summed E-state index contributed by atoms with van der Waals surface area (Å²) in [5, 5.41) is 5.75. The zero-order valence-electron chi connectivity index (χ0n) is 23.8. The highest BCUT2D eigenvalue weighted by atomic mass is 32.1. The van der Waals surface area contributed by atoms with Gasteiger partial charge >= 0.3 is 0 Å². The lowest BCUT2D eigenvalue weighted by Gasteiger charge is -2.31. The van der Waals surface area contributed by atoms with Gasteiger partial charge in [-0.2, -0.15) is 9.13 Å². The van der Waals surface area contributed by atoms with Crippen molar-refractivity contribution in [3.05, 3.63) is 125 Å². The number of benzene rings is 2. The van der Waals surface area contributed by atoms with Crippen molar-refractivity contribution in [3.63, 3.8) is 0 Å². The summed E-state index contributed by atoms with van der Waals surface area (Å²) >= 11 is 1.82. The van der Waals surface area contributed by atoms with Crippen LogP contribution < -0.4 is 9.13 Å². The van der Waals surface area contributed by atoms with Gasteiger partial charge in [-0.1, -0.05) is 30.8 Å². The highest BCUT2D eigenvalue weighted by Crippen LogP contribution is 2.52. The SMILES string of the molecule is C=CC1C(C2c3ccc4c(oc5nc(C)ccc54)c3-c3cc4c(C)csc4c[n+]32)c2ccccc2-c2ccc(C)c[n+]21. The van der Waals surface area contributed by atoms with Gasteiger partial charge in [-0.15, -0.1) is 11.3 Å². The Morgan fingerprint density at radius 2 is 1.71 bits per heavy atom. The van der Waals surface area contributed by atoms with Crippen molar-refractivity contribution >= 4 is 43.5 Å². The first-order valence-corrected chi connectivity index (χ1v) is 15.4. The Morgan fingerprint density at radius 3 is 2.60 bits per heavy atom. The Morgan fingerprint density at radius 1 is 0.857 bits per heavy atom. The molecule has 5 heteroatoms. The maximum absolute atomic E-state index is 6.64. The van der Waals surface area contributed by atoms with E-state index in [4.69, 9.17) is 9.40 Å². The number of nitrogens with zero attached hydrogens (tertiary/aromatic N) is 3. The summed E-state index contributed by atoms with van der Waals surface area (Å²) < 4.78 is 12.9. The Bertz CT molecular complexity index is 2290. The molecule has 0 bridgehead atoms. The van der Waals surface area contributed by atoms with Gasteiger partial charge in [0.25, 0.3) is 0 Å². The van der Waals surface area contributed by atoms with Crippen LogP contribution in [0.25, 0.3) is 54.7 Å². The van der Waals surface area contributed by atoms with Crippen molar-refractivity contribution < 1.29 is 13.6 Å². The minimum Gasteiger partial charge on any atom is -0.437 e. The zero-order valence-corrected chi connectivity index (χ0v) is 24.6. The Balaban J connectivity index is 1.39. The topological polar surface area (TPSA) is 33.8 Å². The third-order valence-electron chi connectivity index (χ3n) is 9.41. The van der Waals surface area contributed by atoms with Crippen molar-refractivity contribution in [1.82, 2.24) is 4.98 Å². The van der Waals surface area contributed by atoms with Crippen LogP contribution in [0.3, 0.4) is 0 Å². The molecule has 0 amide bonds. The minimum absolute atomic E-state index is 0.0550. The summed E-state index contributed by atoms with van der Waals surface area (Å²) in [4.78, 5) is 4.76. The normalized spacial score (nSPS) is 18.7. The number of thiophene rings is 1. The maximum Gasteiger partial charge on any atom is 0.227 e. The zero-order chi connectivity index (χ0) is 28.3. The van der Waals surface area contributed by atoms with Crippen LogP contribution >= 0.6 is 11.3 Å². The second-order valence-electron chi connectivity index (χ2n) is 11.9. The highest BCUT2D eigenvalue weighted by molar-refractivity contribution is 7.17. The average molecular weight is 564 g/mol. The van der Waals surface area contributed by atoms with Crippen LogP contribution in [-0.4, -0.2) is 4.98 Å². The molecule has 2 aliphatic heterocycles. The predicted molar refractivity (Wildman–Crippen MR) is 169 cm³/mol. The van der Waals surface area contributed by atoms with E-state index in [1.54, 1.807) is 0 Å². The third-order valence-corrected chi connectivity index (χ3v) is 10.5. The molecule has 4 nitrogen and oxygen atoms in total. The smallest absolute Gasteiger partial charge is 0.227 e. The molecule has 0 spiro atoms. The molecule has 3 unspecified atom stereocenters. The van der Waals surface area contributed by atoms with Crippen molar-refractivity contribution in [1.29, 1.82) is 0 Å². The quantitative estimate of drug-likeness (QED) is 0.156. The van der Waals surface area contributed by atoms with Gasteiger partial charge in [0.1, 0.15) is 5.92 Å². The molecule has 9 rings (SSSR count). The highest BCUT2D eigenvalue weighted by Gasteiger charge is 2.52. The summed E-state index contributed by atoms with van der Waals surface area (Å²) in [6, 6.07) is 24.7. The molecule has 7 heterocycles. The number of allylic oxidation sites excluding steroid dienone is 1. The second-order valence-corrected chi connectivity index (χ2v) is 12.8. The van der Waals surface area contributed by atoms with E-state index in [1.165, 1.54) is 54.9 Å². The largest absolute Gasteiger partial charge is 0.437 e. The van der Waals surface area contributed by atoms with Gasteiger partial charge < -0.3 is 4.42 Å². The van der Waals surface area contributed by atoms with Crippen molar-refractivity contribution in [2.45, 2.75) is 38.8 Å². The Kier molecular flexibility index (Phi) is 4.84. The summed E-state index contributed by atoms with van der Waals surface area (Å²) in [6.07, 6.45) is 6.80. The summed E-state index contributed by atoms with van der Waals surface area (Å²) in [6.45, 7) is 10.8. The standard InChI is InChI=1S/C37H29N3OS/c1-5-29-33(24-9-7-6-8-23(24)30-15-10-20(2)17-39(29)30)35-27-14-13-25-26-12-11-22(4)38-37(26)41-36(25)34(27)31-16-28-21(3)19-42-32(28)18-40(31)35/h5-19,29,33,35H,1H2,2-4H3/q+2. The molecule has 202 valence electrons. The third kappa shape index (κ3) is 3.09. The molecule has 2 aliphatic rings. The number of pyridine rings is 3. The summed E-state index contributed by atoms with van der Waals surface area (Å²) in [5.41, 5.74) is 12.7. The van der Waals surface area contributed by atoms with Gasteiger partial charge in [-0.05, 0) is 73.7 Å². The van der Waals surface area contributed by atoms with Crippen LogP contribution in [0.1, 0.15) is 45.9 Å². The fourth-order valence-corrected chi connectivity index (χ4v) is 8.50. The van der Waals surface area contributed by atoms with E-state index < -0.39 is 0 Å². The molecule has 0 radical (unpaired) electrons. The van der Waals surface area contributed by atoms with Crippen LogP contribution in [0.2, 0.25) is 0 Å². The molecule has 0 aliphatic carbocycles. The van der Waals surface area contributed by atoms with Crippen LogP contribution in [0.5, 0.6) is 0 Å². The van der Waals surface area contributed by atoms with E-state index in [-0.39, 0.29) is 18.0 Å². The molecule has 5 aromatic heterocycles. The minimum atomic E-state index is 0.0550. The number of fused-ring (bicyclic) bond motifs is 11. The van der Waals surface area contributed by atoms with E-state index in [1.807, 2.05) is 18.3 Å². The number of hydrogen-bond donors (Lipinski definition) is 0. The number of hydrogen-bond acceptors (Lipinski definition) is 3. The molecule has 0 saturated carbocycles. The lowest BCUT2D eigenvalue weighted by atomic mass is 9.76. The van der Waals surface area contributed by atoms with E-state index in [0.717, 1.165) is 22.0 Å². The number of rotatable bonds is 2. The van der Waals surface area contributed by atoms with Gasteiger partial charge in [-0.25, -0.2) is 4.98 Å². The molecule has 0 saturated heterocycles. The predicted octanol–water partition coefficient (Wildman–Crippen LogP) is 8.46. The second kappa shape index (κ2) is 8.46. The maximum atomic E-state index is 6.64. The summed E-state index contributed by atoms with van der Waals surface area (Å²) in [7, 11) is 0. The van der Waals surface area contributed by atoms with E-state index in [0.29, 0.717) is 5.71 Å². The van der Waals surface area contributed by atoms with Crippen LogP contribution in [0, 0.1) is 20.8 Å². The van der Waals surface area contributed by atoms with Crippen molar-refractivity contribution in [2.75, 3.05) is 0 Å². The van der Waals surface area contributed by atoms with Crippen LogP contribution in [0.4, 0.5) is 0 Å². The van der Waals surface area contributed by atoms with Crippen molar-refractivity contribution in [2.24, 2.45) is 0 Å². The molecular weight excluding hydrogens is 534 g/mol. The van der Waals surface area contributed by atoms with Gasteiger partial charge in [0.2, 0.25) is 17.1 Å². The Hall–Kier alpha value is -4.61.